The number of hydrogen-bond acceptors (Lipinski definition) is 3. The normalized spacial score (nSPS) is 11.3. The van der Waals surface area contributed by atoms with Crippen molar-refractivity contribution >= 4 is 17.9 Å². The molecular formula is C20H20O3. The standard InChI is InChI=1S/C20H20O3/c1-14-4-5-16(12-15(14)2)6-9-18(21)10-7-17-8-11-19(23-3)13-20(17)22/h4-13,22H,1-3H3/b9-6+,10-7+. The van der Waals surface area contributed by atoms with E-state index >= 15 is 0 Å². The number of carbonyl (C=O) groups is 1. The zero-order chi connectivity index (χ0) is 16.8. The fourth-order valence-electron chi connectivity index (χ4n) is 2.07. The van der Waals surface area contributed by atoms with Crippen LogP contribution in [0.15, 0.2) is 48.6 Å². The Hall–Kier alpha value is -2.81. The third-order valence-corrected chi connectivity index (χ3v) is 3.64. The van der Waals surface area contributed by atoms with Gasteiger partial charge in [-0.3, -0.25) is 4.79 Å². The number of phenols is 1. The molecule has 0 aliphatic carbocycles. The average Bonchev–Trinajstić information content (AvgIpc) is 2.54. The highest BCUT2D eigenvalue weighted by Crippen LogP contribution is 2.24. The zero-order valence-electron chi connectivity index (χ0n) is 13.5. The maximum absolute atomic E-state index is 11.9. The van der Waals surface area contributed by atoms with Gasteiger partial charge in [0.1, 0.15) is 11.5 Å². The van der Waals surface area contributed by atoms with E-state index in [2.05, 4.69) is 6.92 Å². The number of ketones is 1. The maximum Gasteiger partial charge on any atom is 0.178 e. The average molecular weight is 308 g/mol. The van der Waals surface area contributed by atoms with Gasteiger partial charge in [0, 0.05) is 11.6 Å². The Morgan fingerprint density at radius 1 is 1.00 bits per heavy atom. The topological polar surface area (TPSA) is 46.5 Å². The van der Waals surface area contributed by atoms with Gasteiger partial charge in [0.15, 0.2) is 5.78 Å². The van der Waals surface area contributed by atoms with Crippen molar-refractivity contribution in [2.45, 2.75) is 13.8 Å². The quantitative estimate of drug-likeness (QED) is 0.837. The summed E-state index contributed by atoms with van der Waals surface area (Å²) in [5.41, 5.74) is 3.97. The van der Waals surface area contributed by atoms with Gasteiger partial charge in [0.25, 0.3) is 0 Å². The molecule has 118 valence electrons. The summed E-state index contributed by atoms with van der Waals surface area (Å²) in [4.78, 5) is 11.9. The van der Waals surface area contributed by atoms with Gasteiger partial charge in [-0.1, -0.05) is 24.3 Å². The molecular weight excluding hydrogens is 288 g/mol. The summed E-state index contributed by atoms with van der Waals surface area (Å²) in [6, 6.07) is 11.0. The number of hydrogen-bond donors (Lipinski definition) is 1. The number of rotatable bonds is 5. The maximum atomic E-state index is 11.9. The van der Waals surface area contributed by atoms with E-state index < -0.39 is 0 Å². The van der Waals surface area contributed by atoms with Gasteiger partial charge in [-0.05, 0) is 60.9 Å². The predicted molar refractivity (Wildman–Crippen MR) is 93.6 cm³/mol. The second-order valence-electron chi connectivity index (χ2n) is 5.34. The van der Waals surface area contributed by atoms with Crippen LogP contribution in [0, 0.1) is 13.8 Å². The Labute approximate surface area is 136 Å². The number of aryl methyl sites for hydroxylation is 2. The van der Waals surface area contributed by atoms with Crippen LogP contribution in [-0.2, 0) is 4.79 Å². The van der Waals surface area contributed by atoms with Crippen molar-refractivity contribution in [3.05, 3.63) is 70.8 Å². The molecule has 0 spiro atoms. The summed E-state index contributed by atoms with van der Waals surface area (Å²) in [7, 11) is 1.53. The van der Waals surface area contributed by atoms with Crippen molar-refractivity contribution in [1.82, 2.24) is 0 Å². The summed E-state index contributed by atoms with van der Waals surface area (Å²) in [6.45, 7) is 4.10. The van der Waals surface area contributed by atoms with Crippen LogP contribution >= 0.6 is 0 Å². The zero-order valence-corrected chi connectivity index (χ0v) is 13.5. The molecule has 0 saturated carbocycles. The number of benzene rings is 2. The molecule has 0 heterocycles. The monoisotopic (exact) mass is 308 g/mol. The van der Waals surface area contributed by atoms with Gasteiger partial charge >= 0.3 is 0 Å². The molecule has 0 radical (unpaired) electrons. The molecule has 0 aliphatic rings. The predicted octanol–water partition coefficient (Wildman–Crippen LogP) is 4.31. The van der Waals surface area contributed by atoms with Gasteiger partial charge in [-0.25, -0.2) is 0 Å². The molecule has 1 N–H and O–H groups in total. The van der Waals surface area contributed by atoms with Crippen LogP contribution < -0.4 is 4.74 Å². The second kappa shape index (κ2) is 7.45. The Morgan fingerprint density at radius 2 is 1.74 bits per heavy atom. The van der Waals surface area contributed by atoms with Gasteiger partial charge < -0.3 is 9.84 Å². The SMILES string of the molecule is COc1ccc(/C=C/C(=O)/C=C/c2ccc(C)c(C)c2)c(O)c1. The van der Waals surface area contributed by atoms with E-state index in [1.165, 1.54) is 36.5 Å². The molecule has 23 heavy (non-hydrogen) atoms. The lowest BCUT2D eigenvalue weighted by Crippen LogP contribution is -1.87. The fraction of sp³-hybridized carbons (Fsp3) is 0.150. The van der Waals surface area contributed by atoms with Gasteiger partial charge in [0.2, 0.25) is 0 Å². The first-order valence-electron chi connectivity index (χ1n) is 7.34. The van der Waals surface area contributed by atoms with E-state index in [1.807, 2.05) is 25.1 Å². The first kappa shape index (κ1) is 16.6. The van der Waals surface area contributed by atoms with Gasteiger partial charge in [-0.15, -0.1) is 0 Å². The highest BCUT2D eigenvalue weighted by atomic mass is 16.5. The van der Waals surface area contributed by atoms with Crippen molar-refractivity contribution in [3.63, 3.8) is 0 Å². The molecule has 2 rings (SSSR count). The van der Waals surface area contributed by atoms with Crippen LogP contribution in [-0.4, -0.2) is 18.0 Å². The van der Waals surface area contributed by atoms with Crippen molar-refractivity contribution in [2.24, 2.45) is 0 Å². The molecule has 0 atom stereocenters. The summed E-state index contributed by atoms with van der Waals surface area (Å²) in [5.74, 6) is 0.505. The molecule has 0 unspecified atom stereocenters. The number of aromatic hydroxyl groups is 1. The van der Waals surface area contributed by atoms with Crippen molar-refractivity contribution in [2.75, 3.05) is 7.11 Å². The molecule has 2 aromatic rings. The lowest BCUT2D eigenvalue weighted by atomic mass is 10.1. The lowest BCUT2D eigenvalue weighted by Gasteiger charge is -2.02. The molecule has 0 amide bonds. The molecule has 2 aromatic carbocycles. The number of allylic oxidation sites excluding steroid dienone is 2. The molecule has 0 fully saturated rings. The summed E-state index contributed by atoms with van der Waals surface area (Å²) in [6.07, 6.45) is 6.31. The highest BCUT2D eigenvalue weighted by molar-refractivity contribution is 6.04. The Balaban J connectivity index is 2.06. The summed E-state index contributed by atoms with van der Waals surface area (Å²) in [5, 5.41) is 9.84. The highest BCUT2D eigenvalue weighted by Gasteiger charge is 2.00. The Morgan fingerprint density at radius 3 is 2.39 bits per heavy atom. The first-order valence-corrected chi connectivity index (χ1v) is 7.34. The van der Waals surface area contributed by atoms with E-state index in [1.54, 1.807) is 24.3 Å². The third kappa shape index (κ3) is 4.58. The number of carbonyl (C=O) groups excluding carboxylic acids is 1. The van der Waals surface area contributed by atoms with E-state index in [-0.39, 0.29) is 11.5 Å². The van der Waals surface area contributed by atoms with E-state index in [0.717, 1.165) is 5.56 Å². The van der Waals surface area contributed by atoms with Crippen LogP contribution in [0.25, 0.3) is 12.2 Å². The van der Waals surface area contributed by atoms with Crippen LogP contribution in [0.5, 0.6) is 11.5 Å². The van der Waals surface area contributed by atoms with Crippen LogP contribution in [0.3, 0.4) is 0 Å². The molecule has 3 nitrogen and oxygen atoms in total. The van der Waals surface area contributed by atoms with Gasteiger partial charge in [-0.2, -0.15) is 0 Å². The lowest BCUT2D eigenvalue weighted by molar-refractivity contribution is -0.110. The Bertz CT molecular complexity index is 770. The van der Waals surface area contributed by atoms with Crippen molar-refractivity contribution < 1.29 is 14.6 Å². The number of methoxy groups -OCH3 is 1. The second-order valence-corrected chi connectivity index (χ2v) is 5.34. The van der Waals surface area contributed by atoms with E-state index in [4.69, 9.17) is 4.74 Å². The minimum absolute atomic E-state index is 0.0755. The molecule has 3 heteroatoms. The van der Waals surface area contributed by atoms with Crippen LogP contribution in [0.1, 0.15) is 22.3 Å². The molecule has 0 bridgehead atoms. The van der Waals surface area contributed by atoms with Gasteiger partial charge in [0.05, 0.1) is 7.11 Å². The number of ether oxygens (including phenoxy) is 1. The third-order valence-electron chi connectivity index (χ3n) is 3.64. The summed E-state index contributed by atoms with van der Waals surface area (Å²) >= 11 is 0. The van der Waals surface area contributed by atoms with E-state index in [9.17, 15) is 9.90 Å². The molecule has 0 aromatic heterocycles. The van der Waals surface area contributed by atoms with Crippen molar-refractivity contribution in [3.8, 4) is 11.5 Å². The fourth-order valence-corrected chi connectivity index (χ4v) is 2.07. The van der Waals surface area contributed by atoms with Crippen LogP contribution in [0.2, 0.25) is 0 Å². The molecule has 0 aliphatic heterocycles. The van der Waals surface area contributed by atoms with Crippen molar-refractivity contribution in [1.29, 1.82) is 0 Å². The number of phenolic OH excluding ortho intramolecular Hbond substituents is 1. The van der Waals surface area contributed by atoms with E-state index in [0.29, 0.717) is 11.3 Å². The molecule has 0 saturated heterocycles. The minimum atomic E-state index is -0.140. The smallest absolute Gasteiger partial charge is 0.178 e. The summed E-state index contributed by atoms with van der Waals surface area (Å²) < 4.78 is 5.02. The van der Waals surface area contributed by atoms with Crippen LogP contribution in [0.4, 0.5) is 0 Å². The largest absolute Gasteiger partial charge is 0.507 e. The Kier molecular flexibility index (Phi) is 5.36. The first-order chi connectivity index (χ1) is 11.0. The minimum Gasteiger partial charge on any atom is -0.507 e.